The fourth-order valence-corrected chi connectivity index (χ4v) is 4.12. The Kier molecular flexibility index (Phi) is 5.60. The first-order valence-electron chi connectivity index (χ1n) is 8.11. The summed E-state index contributed by atoms with van der Waals surface area (Å²) in [6.07, 6.45) is 0.282. The molecule has 5 nitrogen and oxygen atoms in total. The Labute approximate surface area is 156 Å². The van der Waals surface area contributed by atoms with Crippen LogP contribution in [0.3, 0.4) is 0 Å². The molecule has 0 saturated carbocycles. The van der Waals surface area contributed by atoms with E-state index in [1.165, 1.54) is 36.4 Å². The lowest BCUT2D eigenvalue weighted by Crippen LogP contribution is -2.31. The highest BCUT2D eigenvalue weighted by atomic mass is 35.5. The molecule has 1 heterocycles. The van der Waals surface area contributed by atoms with Crippen molar-refractivity contribution in [2.45, 2.75) is 17.9 Å². The lowest BCUT2D eigenvalue weighted by molar-refractivity contribution is -0.128. The minimum Gasteiger partial charge on any atom is -0.338 e. The van der Waals surface area contributed by atoms with Gasteiger partial charge in [0.05, 0.1) is 4.90 Å². The number of hydrogen-bond donors (Lipinski definition) is 1. The third-order valence-corrected chi connectivity index (χ3v) is 5.96. The summed E-state index contributed by atoms with van der Waals surface area (Å²) in [7, 11) is -3.64. The molecule has 1 atom stereocenters. The smallest absolute Gasteiger partial charge is 0.240 e. The van der Waals surface area contributed by atoms with Crippen LogP contribution in [0.25, 0.3) is 0 Å². The number of nitrogens with one attached hydrogen (secondary N) is 1. The van der Waals surface area contributed by atoms with Crippen LogP contribution in [0, 0.1) is 11.7 Å². The molecule has 0 aliphatic carbocycles. The summed E-state index contributed by atoms with van der Waals surface area (Å²) >= 11 is 5.77. The monoisotopic (exact) mass is 396 g/mol. The van der Waals surface area contributed by atoms with Gasteiger partial charge in [-0.2, -0.15) is 0 Å². The number of nitrogens with zero attached hydrogens (tertiary/aromatic N) is 1. The van der Waals surface area contributed by atoms with E-state index in [1.807, 2.05) is 0 Å². The SMILES string of the molecule is O=C1C[C@H](CNS(=O)(=O)c2ccc(Cl)cc2)CN1Cc1ccc(F)cc1. The van der Waals surface area contributed by atoms with Crippen molar-refractivity contribution in [3.63, 3.8) is 0 Å². The second-order valence-corrected chi connectivity index (χ2v) is 8.48. The van der Waals surface area contributed by atoms with Crippen LogP contribution in [0.4, 0.5) is 4.39 Å². The van der Waals surface area contributed by atoms with Crippen LogP contribution in [-0.4, -0.2) is 32.3 Å². The van der Waals surface area contributed by atoms with E-state index in [2.05, 4.69) is 4.72 Å². The zero-order chi connectivity index (χ0) is 18.7. The van der Waals surface area contributed by atoms with Crippen molar-refractivity contribution in [2.24, 2.45) is 5.92 Å². The van der Waals surface area contributed by atoms with Gasteiger partial charge in [0.1, 0.15) is 5.82 Å². The molecule has 1 fully saturated rings. The zero-order valence-corrected chi connectivity index (χ0v) is 15.4. The van der Waals surface area contributed by atoms with Crippen LogP contribution in [0.2, 0.25) is 5.02 Å². The maximum atomic E-state index is 13.0. The number of benzene rings is 2. The largest absolute Gasteiger partial charge is 0.338 e. The van der Waals surface area contributed by atoms with Gasteiger partial charge in [0.25, 0.3) is 0 Å². The van der Waals surface area contributed by atoms with Crippen molar-refractivity contribution in [1.29, 1.82) is 0 Å². The van der Waals surface area contributed by atoms with Crippen LogP contribution in [0.15, 0.2) is 53.4 Å². The molecular weight excluding hydrogens is 379 g/mol. The van der Waals surface area contributed by atoms with Crippen LogP contribution in [0.1, 0.15) is 12.0 Å². The zero-order valence-electron chi connectivity index (χ0n) is 13.9. The second-order valence-electron chi connectivity index (χ2n) is 6.28. The van der Waals surface area contributed by atoms with Crippen molar-refractivity contribution in [3.8, 4) is 0 Å². The highest BCUT2D eigenvalue weighted by molar-refractivity contribution is 7.89. The maximum absolute atomic E-state index is 13.0. The molecule has 0 radical (unpaired) electrons. The molecule has 1 saturated heterocycles. The van der Waals surface area contributed by atoms with Gasteiger partial charge in [0, 0.05) is 31.1 Å². The molecule has 2 aromatic rings. The van der Waals surface area contributed by atoms with Gasteiger partial charge in [-0.3, -0.25) is 4.79 Å². The Morgan fingerprint density at radius 1 is 1.12 bits per heavy atom. The number of likely N-dealkylation sites (tertiary alicyclic amines) is 1. The van der Waals surface area contributed by atoms with Crippen LogP contribution < -0.4 is 4.72 Å². The Balaban J connectivity index is 1.57. The summed E-state index contributed by atoms with van der Waals surface area (Å²) in [5.74, 6) is -0.467. The van der Waals surface area contributed by atoms with E-state index in [0.717, 1.165) is 5.56 Å². The summed E-state index contributed by atoms with van der Waals surface area (Å²) in [6, 6.07) is 11.9. The normalized spacial score (nSPS) is 17.7. The van der Waals surface area contributed by atoms with E-state index < -0.39 is 10.0 Å². The average molecular weight is 397 g/mol. The number of sulfonamides is 1. The van der Waals surface area contributed by atoms with Gasteiger partial charge in [-0.1, -0.05) is 23.7 Å². The molecule has 0 bridgehead atoms. The summed E-state index contributed by atoms with van der Waals surface area (Å²) in [5.41, 5.74) is 0.835. The van der Waals surface area contributed by atoms with Crippen LogP contribution >= 0.6 is 11.6 Å². The first-order chi connectivity index (χ1) is 12.3. The molecular formula is C18H18ClFN2O3S. The third kappa shape index (κ3) is 4.60. The number of carbonyl (C=O) groups excluding carboxylic acids is 1. The first-order valence-corrected chi connectivity index (χ1v) is 9.97. The van der Waals surface area contributed by atoms with Gasteiger partial charge in [0.15, 0.2) is 0 Å². The van der Waals surface area contributed by atoms with Crippen molar-refractivity contribution in [3.05, 3.63) is 64.9 Å². The molecule has 2 aromatic carbocycles. The van der Waals surface area contributed by atoms with Gasteiger partial charge in [0.2, 0.25) is 15.9 Å². The van der Waals surface area contributed by atoms with Gasteiger partial charge in [-0.05, 0) is 47.9 Å². The Morgan fingerprint density at radius 3 is 2.42 bits per heavy atom. The third-order valence-electron chi connectivity index (χ3n) is 4.27. The number of amides is 1. The Morgan fingerprint density at radius 2 is 1.77 bits per heavy atom. The molecule has 3 rings (SSSR count). The summed E-state index contributed by atoms with van der Waals surface area (Å²) in [4.78, 5) is 13.9. The highest BCUT2D eigenvalue weighted by Gasteiger charge is 2.30. The second kappa shape index (κ2) is 7.73. The maximum Gasteiger partial charge on any atom is 0.240 e. The summed E-state index contributed by atoms with van der Waals surface area (Å²) < 4.78 is 40.1. The van der Waals surface area contributed by atoms with Crippen molar-refractivity contribution >= 4 is 27.5 Å². The molecule has 1 amide bonds. The minimum absolute atomic E-state index is 0.0370. The number of halogens is 2. The van der Waals surface area contributed by atoms with Gasteiger partial charge in [-0.25, -0.2) is 17.5 Å². The molecule has 1 N–H and O–H groups in total. The molecule has 26 heavy (non-hydrogen) atoms. The Hall–Kier alpha value is -1.96. The Bertz CT molecular complexity index is 886. The highest BCUT2D eigenvalue weighted by Crippen LogP contribution is 2.21. The van der Waals surface area contributed by atoms with Gasteiger partial charge >= 0.3 is 0 Å². The summed E-state index contributed by atoms with van der Waals surface area (Å²) in [6.45, 7) is 1.02. The molecule has 1 aliphatic rings. The van der Waals surface area contributed by atoms with Crippen molar-refractivity contribution in [1.82, 2.24) is 9.62 Å². The van der Waals surface area contributed by atoms with E-state index in [4.69, 9.17) is 11.6 Å². The predicted octanol–water partition coefficient (Wildman–Crippen LogP) is 2.81. The molecule has 0 spiro atoms. The van der Waals surface area contributed by atoms with E-state index in [9.17, 15) is 17.6 Å². The predicted molar refractivity (Wildman–Crippen MR) is 96.6 cm³/mol. The fourth-order valence-electron chi connectivity index (χ4n) is 2.88. The lowest BCUT2D eigenvalue weighted by Gasteiger charge is -2.17. The number of hydrogen-bond acceptors (Lipinski definition) is 3. The van der Waals surface area contributed by atoms with E-state index in [-0.39, 0.29) is 35.5 Å². The topological polar surface area (TPSA) is 66.5 Å². The van der Waals surface area contributed by atoms with Gasteiger partial charge in [-0.15, -0.1) is 0 Å². The number of rotatable bonds is 6. The lowest BCUT2D eigenvalue weighted by atomic mass is 10.1. The van der Waals surface area contributed by atoms with Crippen molar-refractivity contribution < 1.29 is 17.6 Å². The van der Waals surface area contributed by atoms with E-state index in [1.54, 1.807) is 17.0 Å². The molecule has 0 unspecified atom stereocenters. The standard InChI is InChI=1S/C18H18ClFN2O3S/c19-15-3-7-17(8-4-15)26(24,25)21-10-14-9-18(23)22(12-14)11-13-1-5-16(20)6-2-13/h1-8,14,21H,9-12H2/t14-/m1/s1. The number of carbonyl (C=O) groups is 1. The van der Waals surface area contributed by atoms with E-state index >= 15 is 0 Å². The van der Waals surface area contributed by atoms with Gasteiger partial charge < -0.3 is 4.90 Å². The van der Waals surface area contributed by atoms with Crippen molar-refractivity contribution in [2.75, 3.05) is 13.1 Å². The fraction of sp³-hybridized carbons (Fsp3) is 0.278. The molecule has 138 valence electrons. The van der Waals surface area contributed by atoms with Crippen LogP contribution in [0.5, 0.6) is 0 Å². The summed E-state index contributed by atoms with van der Waals surface area (Å²) in [5, 5.41) is 0.460. The quantitative estimate of drug-likeness (QED) is 0.816. The minimum atomic E-state index is -3.64. The van der Waals surface area contributed by atoms with Crippen LogP contribution in [-0.2, 0) is 21.4 Å². The molecule has 0 aromatic heterocycles. The molecule has 8 heteroatoms. The average Bonchev–Trinajstić information content (AvgIpc) is 2.95. The van der Waals surface area contributed by atoms with E-state index in [0.29, 0.717) is 18.1 Å². The first kappa shape index (κ1) is 18.8. The molecule has 1 aliphatic heterocycles.